The zero-order valence-electron chi connectivity index (χ0n) is 8.34. The Balaban J connectivity index is 3.24. The Kier molecular flexibility index (Phi) is 3.17. The first-order valence-corrected chi connectivity index (χ1v) is 5.79. The van der Waals surface area contributed by atoms with E-state index in [1.165, 1.54) is 8.87 Å². The molecule has 0 saturated carbocycles. The molecule has 1 aromatic heterocycles. The third kappa shape index (κ3) is 1.79. The van der Waals surface area contributed by atoms with Gasteiger partial charge in [-0.3, -0.25) is 0 Å². The molecule has 3 nitrogen and oxygen atoms in total. The molecule has 0 aliphatic carbocycles. The molecule has 1 N–H and O–H groups in total. The number of nitrogens with zero attached hydrogens (tertiary/aromatic N) is 1. The summed E-state index contributed by atoms with van der Waals surface area (Å²) in [6.07, 6.45) is 0.852. The van der Waals surface area contributed by atoms with Crippen molar-refractivity contribution in [2.45, 2.75) is 13.8 Å². The molecule has 0 saturated heterocycles. The normalized spacial score (nSPS) is 9.85. The molecule has 0 aliphatic rings. The van der Waals surface area contributed by atoms with Crippen LogP contribution in [-0.2, 0) is 4.79 Å². The van der Waals surface area contributed by atoms with Gasteiger partial charge in [-0.15, -0.1) is 0 Å². The van der Waals surface area contributed by atoms with Crippen LogP contribution in [0.5, 0.6) is 0 Å². The first kappa shape index (κ1) is 10.4. The van der Waals surface area contributed by atoms with Gasteiger partial charge in [-0.1, -0.05) is 0 Å². The number of carbonyl (C=O) groups excluding carboxylic acids is 1. The minimum absolute atomic E-state index is 0.408. The molecule has 1 rings (SSSR count). The van der Waals surface area contributed by atoms with Gasteiger partial charge in [-0.05, 0) is 0 Å². The summed E-state index contributed by atoms with van der Waals surface area (Å²) < 4.78 is 2.67. The van der Waals surface area contributed by atoms with Crippen LogP contribution < -0.4 is 10.2 Å². The Morgan fingerprint density at radius 1 is 1.38 bits per heavy atom. The summed E-state index contributed by atoms with van der Waals surface area (Å²) in [6, 6.07) is 0. The average Bonchev–Trinajstić information content (AvgIpc) is 2.39. The molecular weight excluding hydrogens is 231 g/mol. The second-order valence-electron chi connectivity index (χ2n) is 2.90. The van der Waals surface area contributed by atoms with Crippen LogP contribution in [0.2, 0.25) is 0 Å². The van der Waals surface area contributed by atoms with Gasteiger partial charge in [-0.25, -0.2) is 0 Å². The van der Waals surface area contributed by atoms with Crippen LogP contribution >= 0.6 is 0 Å². The molecule has 0 aliphatic heterocycles. The fraction of sp³-hybridized carbons (Fsp3) is 0.444. The summed E-state index contributed by atoms with van der Waals surface area (Å²) in [7, 11) is 3.68. The first-order valence-electron chi connectivity index (χ1n) is 4.07. The molecule has 0 fully saturated rings. The number of hydrogen-bond acceptors (Lipinski definition) is 2. The van der Waals surface area contributed by atoms with E-state index in [-0.39, 0.29) is 0 Å². The summed E-state index contributed by atoms with van der Waals surface area (Å²) in [5, 5.41) is 3.15. The van der Waals surface area contributed by atoms with Crippen LogP contribution in [0.4, 0.5) is 11.4 Å². The number of anilines is 2. The van der Waals surface area contributed by atoms with E-state index in [1.54, 1.807) is 11.9 Å². The third-order valence-electron chi connectivity index (χ3n) is 1.99. The van der Waals surface area contributed by atoms with Crippen molar-refractivity contribution >= 4 is 32.3 Å². The van der Waals surface area contributed by atoms with Gasteiger partial charge in [0.05, 0.1) is 0 Å². The SMILES string of the molecule is CNc1c(C)[se]c(C)c1N(C)C=O. The van der Waals surface area contributed by atoms with E-state index in [1.807, 2.05) is 7.05 Å². The Labute approximate surface area is 84.5 Å². The van der Waals surface area contributed by atoms with E-state index >= 15 is 0 Å². The Bertz CT molecular complexity index is 320. The predicted molar refractivity (Wildman–Crippen MR) is 56.9 cm³/mol. The molecular formula is C9H14N2OSe. The number of hydrogen-bond donors (Lipinski definition) is 1. The summed E-state index contributed by atoms with van der Waals surface area (Å²) in [5.41, 5.74) is 2.17. The molecule has 4 heteroatoms. The fourth-order valence-electron chi connectivity index (χ4n) is 1.44. The average molecular weight is 245 g/mol. The van der Waals surface area contributed by atoms with Crippen LogP contribution in [-0.4, -0.2) is 35.0 Å². The Hall–Kier alpha value is -0.731. The van der Waals surface area contributed by atoms with E-state index in [4.69, 9.17) is 0 Å². The van der Waals surface area contributed by atoms with Gasteiger partial charge in [0.1, 0.15) is 0 Å². The van der Waals surface area contributed by atoms with Gasteiger partial charge in [0.15, 0.2) is 0 Å². The molecule has 0 aromatic carbocycles. The summed E-state index contributed by atoms with van der Waals surface area (Å²) in [4.78, 5) is 12.3. The second kappa shape index (κ2) is 3.99. The van der Waals surface area contributed by atoms with E-state index in [0.29, 0.717) is 14.5 Å². The van der Waals surface area contributed by atoms with Gasteiger partial charge in [-0.2, -0.15) is 0 Å². The van der Waals surface area contributed by atoms with Crippen molar-refractivity contribution in [1.29, 1.82) is 0 Å². The quantitative estimate of drug-likeness (QED) is 0.636. The zero-order valence-corrected chi connectivity index (χ0v) is 10.1. The third-order valence-corrected chi connectivity index (χ3v) is 4.11. The van der Waals surface area contributed by atoms with E-state index in [0.717, 1.165) is 17.8 Å². The van der Waals surface area contributed by atoms with Crippen LogP contribution in [0.15, 0.2) is 0 Å². The number of carbonyl (C=O) groups is 1. The number of amides is 1. The van der Waals surface area contributed by atoms with Gasteiger partial charge in [0.25, 0.3) is 0 Å². The van der Waals surface area contributed by atoms with Gasteiger partial charge in [0, 0.05) is 0 Å². The van der Waals surface area contributed by atoms with Gasteiger partial charge in [0.2, 0.25) is 0 Å². The molecule has 0 bridgehead atoms. The minimum atomic E-state index is 0.408. The summed E-state index contributed by atoms with van der Waals surface area (Å²) in [5.74, 6) is 0. The first-order chi connectivity index (χ1) is 6.11. The van der Waals surface area contributed by atoms with E-state index in [2.05, 4.69) is 19.2 Å². The van der Waals surface area contributed by atoms with Crippen LogP contribution in [0, 0.1) is 13.8 Å². The molecule has 72 valence electrons. The summed E-state index contributed by atoms with van der Waals surface area (Å²) in [6.45, 7) is 4.20. The second-order valence-corrected chi connectivity index (χ2v) is 5.90. The molecule has 0 radical (unpaired) electrons. The molecule has 0 spiro atoms. The van der Waals surface area contributed by atoms with Crippen molar-refractivity contribution in [2.75, 3.05) is 24.3 Å². The van der Waals surface area contributed by atoms with Crippen LogP contribution in [0.3, 0.4) is 0 Å². The van der Waals surface area contributed by atoms with E-state index in [9.17, 15) is 4.79 Å². The standard InChI is InChI=1S/C9H14N2OSe/c1-6-8(10-3)9(7(2)13-6)11(4)5-12/h5,10H,1-4H3. The molecule has 1 heterocycles. The maximum absolute atomic E-state index is 10.7. The van der Waals surface area contributed by atoms with Crippen molar-refractivity contribution in [3.8, 4) is 0 Å². The Morgan fingerprint density at radius 2 is 2.00 bits per heavy atom. The van der Waals surface area contributed by atoms with Gasteiger partial charge >= 0.3 is 84.1 Å². The van der Waals surface area contributed by atoms with Crippen molar-refractivity contribution in [3.05, 3.63) is 8.87 Å². The molecule has 13 heavy (non-hydrogen) atoms. The number of nitrogens with one attached hydrogen (secondary N) is 1. The van der Waals surface area contributed by atoms with Crippen molar-refractivity contribution in [1.82, 2.24) is 0 Å². The number of rotatable bonds is 3. The Morgan fingerprint density at radius 3 is 2.46 bits per heavy atom. The maximum atomic E-state index is 10.7. The summed E-state index contributed by atoms with van der Waals surface area (Å²) >= 11 is 0.408. The fourth-order valence-corrected chi connectivity index (χ4v) is 3.76. The molecule has 0 unspecified atom stereocenters. The number of aryl methyl sites for hydroxylation is 2. The van der Waals surface area contributed by atoms with Crippen LogP contribution in [0.25, 0.3) is 0 Å². The van der Waals surface area contributed by atoms with Crippen molar-refractivity contribution in [2.24, 2.45) is 0 Å². The zero-order chi connectivity index (χ0) is 10.0. The van der Waals surface area contributed by atoms with Gasteiger partial charge < -0.3 is 0 Å². The predicted octanol–water partition coefficient (Wildman–Crippen LogP) is 0.995. The van der Waals surface area contributed by atoms with Crippen molar-refractivity contribution < 1.29 is 4.79 Å². The molecule has 1 aromatic rings. The molecule has 0 atom stereocenters. The topological polar surface area (TPSA) is 32.3 Å². The molecule has 1 amide bonds. The monoisotopic (exact) mass is 246 g/mol. The van der Waals surface area contributed by atoms with Crippen molar-refractivity contribution in [3.63, 3.8) is 0 Å². The van der Waals surface area contributed by atoms with E-state index < -0.39 is 0 Å². The van der Waals surface area contributed by atoms with Crippen LogP contribution in [0.1, 0.15) is 8.87 Å².